The lowest BCUT2D eigenvalue weighted by Gasteiger charge is -2.11. The number of halogens is 1. The molecular formula is C10H10FNO5. The van der Waals surface area contributed by atoms with Crippen molar-refractivity contribution in [3.8, 4) is 11.5 Å². The number of carboxylic acids is 1. The third kappa shape index (κ3) is 3.07. The molecule has 0 saturated carbocycles. The third-order valence-electron chi connectivity index (χ3n) is 1.87. The molecule has 7 heteroatoms. The first-order chi connectivity index (χ1) is 7.95. The number of nitrogens with two attached hydrogens (primary N) is 1. The molecule has 0 aliphatic heterocycles. The summed E-state index contributed by atoms with van der Waals surface area (Å²) in [6, 6.07) is 3.70. The number of hydrogen-bond donors (Lipinski definition) is 2. The van der Waals surface area contributed by atoms with Crippen LogP contribution in [0.25, 0.3) is 0 Å². The molecular weight excluding hydrogens is 233 g/mol. The van der Waals surface area contributed by atoms with Crippen molar-refractivity contribution < 1.29 is 28.6 Å². The summed E-state index contributed by atoms with van der Waals surface area (Å²) in [4.78, 5) is 21.1. The number of carbonyl (C=O) groups excluding carboxylic acids is 1. The van der Waals surface area contributed by atoms with E-state index in [1.165, 1.54) is 25.3 Å². The molecule has 0 radical (unpaired) electrons. The maximum atomic E-state index is 12.8. The van der Waals surface area contributed by atoms with Crippen LogP contribution in [0.3, 0.4) is 0 Å². The van der Waals surface area contributed by atoms with Crippen molar-refractivity contribution in [3.63, 3.8) is 0 Å². The van der Waals surface area contributed by atoms with Crippen molar-refractivity contribution in [2.24, 2.45) is 5.73 Å². The van der Waals surface area contributed by atoms with Crippen molar-refractivity contribution in [2.75, 3.05) is 7.11 Å². The van der Waals surface area contributed by atoms with E-state index >= 15 is 0 Å². The second-order valence-corrected chi connectivity index (χ2v) is 3.00. The molecule has 0 aromatic heterocycles. The number of amides is 1. The summed E-state index contributed by atoms with van der Waals surface area (Å²) in [5, 5.41) is 8.33. The number of rotatable bonds is 5. The molecule has 0 fully saturated rings. The van der Waals surface area contributed by atoms with Gasteiger partial charge in [0, 0.05) is 5.56 Å². The Morgan fingerprint density at radius 1 is 1.41 bits per heavy atom. The lowest BCUT2D eigenvalue weighted by atomic mass is 10.2. The Morgan fingerprint density at radius 3 is 2.53 bits per heavy atom. The van der Waals surface area contributed by atoms with Crippen molar-refractivity contribution in [1.29, 1.82) is 0 Å². The minimum Gasteiger partial charge on any atom is -0.493 e. The summed E-state index contributed by atoms with van der Waals surface area (Å²) in [7, 11) is 1.26. The van der Waals surface area contributed by atoms with Gasteiger partial charge in [0.25, 0.3) is 0 Å². The summed E-state index contributed by atoms with van der Waals surface area (Å²) in [5.74, 6) is -2.56. The van der Waals surface area contributed by atoms with E-state index in [9.17, 15) is 14.0 Å². The zero-order valence-electron chi connectivity index (χ0n) is 8.84. The molecule has 0 heterocycles. The predicted octanol–water partition coefficient (Wildman–Crippen LogP) is 0.553. The molecule has 0 saturated heterocycles. The zero-order chi connectivity index (χ0) is 13.0. The largest absolute Gasteiger partial charge is 0.493 e. The Morgan fingerprint density at radius 2 is 2.06 bits per heavy atom. The Kier molecular flexibility index (Phi) is 3.86. The molecule has 0 aliphatic carbocycles. The third-order valence-corrected chi connectivity index (χ3v) is 1.87. The van der Waals surface area contributed by atoms with E-state index in [2.05, 4.69) is 4.74 Å². The number of ether oxygens (including phenoxy) is 2. The topological polar surface area (TPSA) is 98.9 Å². The first-order valence-corrected chi connectivity index (χ1v) is 4.47. The minimum atomic E-state index is -2.51. The second kappa shape index (κ2) is 5.15. The molecule has 1 amide bonds. The highest BCUT2D eigenvalue weighted by Crippen LogP contribution is 2.29. The van der Waals surface area contributed by atoms with Gasteiger partial charge in [0.15, 0.2) is 11.5 Å². The van der Waals surface area contributed by atoms with E-state index in [0.717, 1.165) is 0 Å². The molecule has 0 bridgehead atoms. The molecule has 92 valence electrons. The molecule has 1 atom stereocenters. The molecule has 1 aromatic rings. The van der Waals surface area contributed by atoms with Crippen LogP contribution in [0, 0.1) is 0 Å². The van der Waals surface area contributed by atoms with Crippen LogP contribution < -0.4 is 15.2 Å². The molecule has 17 heavy (non-hydrogen) atoms. The maximum Gasteiger partial charge on any atom is 0.378 e. The minimum absolute atomic E-state index is 0.0187. The fraction of sp³-hybridized carbons (Fsp3) is 0.200. The number of carbonyl (C=O) groups is 2. The quantitative estimate of drug-likeness (QED) is 0.786. The van der Waals surface area contributed by atoms with E-state index in [0.29, 0.717) is 0 Å². The van der Waals surface area contributed by atoms with Gasteiger partial charge in [0.2, 0.25) is 5.91 Å². The highest BCUT2D eigenvalue weighted by molar-refractivity contribution is 5.93. The normalized spacial score (nSPS) is 11.6. The summed E-state index contributed by atoms with van der Waals surface area (Å²) in [6.45, 7) is 0. The smallest absolute Gasteiger partial charge is 0.378 e. The number of methoxy groups -OCH3 is 1. The Hall–Kier alpha value is -2.31. The Labute approximate surface area is 95.7 Å². The van der Waals surface area contributed by atoms with Gasteiger partial charge in [-0.15, -0.1) is 0 Å². The van der Waals surface area contributed by atoms with E-state index < -0.39 is 18.2 Å². The van der Waals surface area contributed by atoms with Crippen LogP contribution in [-0.2, 0) is 4.79 Å². The maximum absolute atomic E-state index is 12.8. The second-order valence-electron chi connectivity index (χ2n) is 3.00. The van der Waals surface area contributed by atoms with Crippen LogP contribution >= 0.6 is 0 Å². The van der Waals surface area contributed by atoms with Crippen molar-refractivity contribution >= 4 is 11.9 Å². The fourth-order valence-electron chi connectivity index (χ4n) is 1.08. The summed E-state index contributed by atoms with van der Waals surface area (Å²) in [6.07, 6.45) is -2.51. The Bertz CT molecular complexity index is 448. The van der Waals surface area contributed by atoms with Gasteiger partial charge >= 0.3 is 12.3 Å². The van der Waals surface area contributed by atoms with Crippen molar-refractivity contribution in [3.05, 3.63) is 23.8 Å². The van der Waals surface area contributed by atoms with E-state index in [1.807, 2.05) is 0 Å². The van der Waals surface area contributed by atoms with Crippen LogP contribution in [0.5, 0.6) is 11.5 Å². The SMILES string of the molecule is COc1cc(C(N)=O)ccc1OC(F)C(=O)O. The molecule has 0 spiro atoms. The standard InChI is InChI=1S/C10H10FNO5/c1-16-7-4-5(9(12)13)2-3-6(7)17-8(11)10(14)15/h2-4,8H,1H3,(H2,12,13)(H,14,15). The van der Waals surface area contributed by atoms with Crippen molar-refractivity contribution in [1.82, 2.24) is 0 Å². The average molecular weight is 243 g/mol. The van der Waals surface area contributed by atoms with Gasteiger partial charge in [-0.1, -0.05) is 0 Å². The number of carboxylic acid groups (broad SMARTS) is 1. The van der Waals surface area contributed by atoms with Crippen LogP contribution in [0.15, 0.2) is 18.2 Å². The van der Waals surface area contributed by atoms with Gasteiger partial charge in [0.1, 0.15) is 0 Å². The first-order valence-electron chi connectivity index (χ1n) is 4.47. The summed E-state index contributed by atoms with van der Waals surface area (Å²) in [5.41, 5.74) is 5.17. The number of benzene rings is 1. The van der Waals surface area contributed by atoms with Gasteiger partial charge < -0.3 is 20.3 Å². The van der Waals surface area contributed by atoms with Crippen LogP contribution in [-0.4, -0.2) is 30.5 Å². The highest BCUT2D eigenvalue weighted by Gasteiger charge is 2.20. The fourth-order valence-corrected chi connectivity index (χ4v) is 1.08. The Balaban J connectivity index is 3.00. The van der Waals surface area contributed by atoms with E-state index in [-0.39, 0.29) is 17.1 Å². The van der Waals surface area contributed by atoms with Crippen LogP contribution in [0.2, 0.25) is 0 Å². The number of alkyl halides is 1. The first kappa shape index (κ1) is 12.8. The highest BCUT2D eigenvalue weighted by atomic mass is 19.1. The molecule has 6 nitrogen and oxygen atoms in total. The van der Waals surface area contributed by atoms with Gasteiger partial charge in [-0.2, -0.15) is 4.39 Å². The van der Waals surface area contributed by atoms with Crippen LogP contribution in [0.1, 0.15) is 10.4 Å². The zero-order valence-corrected chi connectivity index (χ0v) is 8.84. The number of aliphatic carboxylic acids is 1. The van der Waals surface area contributed by atoms with Gasteiger partial charge in [0.05, 0.1) is 7.11 Å². The lowest BCUT2D eigenvalue weighted by Crippen LogP contribution is -2.21. The molecule has 0 aliphatic rings. The molecule has 3 N–H and O–H groups in total. The molecule has 1 unspecified atom stereocenters. The summed E-state index contributed by atoms with van der Waals surface area (Å²) < 4.78 is 22.1. The van der Waals surface area contributed by atoms with Gasteiger partial charge in [-0.25, -0.2) is 4.79 Å². The lowest BCUT2D eigenvalue weighted by molar-refractivity contribution is -0.153. The average Bonchev–Trinajstić information content (AvgIpc) is 2.28. The number of primary amides is 1. The predicted molar refractivity (Wildman–Crippen MR) is 54.7 cm³/mol. The van der Waals surface area contributed by atoms with E-state index in [4.69, 9.17) is 15.6 Å². The van der Waals surface area contributed by atoms with Crippen molar-refractivity contribution in [2.45, 2.75) is 6.36 Å². The summed E-state index contributed by atoms with van der Waals surface area (Å²) >= 11 is 0. The number of hydrogen-bond acceptors (Lipinski definition) is 4. The van der Waals surface area contributed by atoms with Gasteiger partial charge in [-0.05, 0) is 18.2 Å². The molecule has 1 aromatic carbocycles. The monoisotopic (exact) mass is 243 g/mol. The molecule has 1 rings (SSSR count). The van der Waals surface area contributed by atoms with Crippen LogP contribution in [0.4, 0.5) is 4.39 Å². The van der Waals surface area contributed by atoms with E-state index in [1.54, 1.807) is 0 Å². The van der Waals surface area contributed by atoms with Gasteiger partial charge in [-0.3, -0.25) is 4.79 Å².